The molecule has 0 radical (unpaired) electrons. The van der Waals surface area contributed by atoms with Gasteiger partial charge in [0.05, 0.1) is 5.71 Å². The minimum Gasteiger partial charge on any atom is -0.507 e. The average Bonchev–Trinajstić information content (AvgIpc) is 2.89. The van der Waals surface area contributed by atoms with Gasteiger partial charge in [-0.05, 0) is 42.7 Å². The highest BCUT2D eigenvalue weighted by molar-refractivity contribution is 7.80. The van der Waals surface area contributed by atoms with E-state index in [1.165, 1.54) is 0 Å². The minimum absolute atomic E-state index is 0.204. The van der Waals surface area contributed by atoms with Crippen molar-refractivity contribution >= 4 is 24.2 Å². The molecule has 21 heavy (non-hydrogen) atoms. The van der Waals surface area contributed by atoms with Crippen LogP contribution in [0.4, 0.5) is 0 Å². The number of hydrogen-bond donors (Lipinski definition) is 3. The van der Waals surface area contributed by atoms with Gasteiger partial charge in [0, 0.05) is 16.0 Å². The lowest BCUT2D eigenvalue weighted by molar-refractivity contribution is 0.0954. The van der Waals surface area contributed by atoms with Crippen LogP contribution in [0.2, 0.25) is 0 Å². The number of thiol groups is 1. The van der Waals surface area contributed by atoms with Gasteiger partial charge in [-0.15, -0.1) is 12.6 Å². The van der Waals surface area contributed by atoms with Crippen LogP contribution in [0.1, 0.15) is 27.9 Å². The smallest absolute Gasteiger partial charge is 0.271 e. The number of aromatic hydroxyl groups is 1. The van der Waals surface area contributed by atoms with Crippen molar-refractivity contribution in [2.24, 2.45) is 5.10 Å². The summed E-state index contributed by atoms with van der Waals surface area (Å²) in [7, 11) is 0. The fourth-order valence-electron chi connectivity index (χ4n) is 2.45. The number of fused-ring (bicyclic) bond motifs is 1. The number of nitrogens with one attached hydrogen (secondary N) is 1. The van der Waals surface area contributed by atoms with Crippen molar-refractivity contribution in [3.8, 4) is 5.75 Å². The Morgan fingerprint density at radius 3 is 2.81 bits per heavy atom. The van der Waals surface area contributed by atoms with Gasteiger partial charge in [-0.25, -0.2) is 5.43 Å². The molecule has 1 amide bonds. The van der Waals surface area contributed by atoms with Crippen LogP contribution < -0.4 is 5.43 Å². The number of amides is 1. The van der Waals surface area contributed by atoms with E-state index < -0.39 is 0 Å². The first-order valence-corrected chi connectivity index (χ1v) is 7.07. The molecule has 2 aromatic carbocycles. The second kappa shape index (κ2) is 5.61. The summed E-state index contributed by atoms with van der Waals surface area (Å²) in [6.45, 7) is 0. The predicted molar refractivity (Wildman–Crippen MR) is 84.1 cm³/mol. The number of aryl methyl sites for hydroxylation is 1. The summed E-state index contributed by atoms with van der Waals surface area (Å²) < 4.78 is 0. The van der Waals surface area contributed by atoms with Crippen molar-refractivity contribution in [2.45, 2.75) is 17.7 Å². The van der Waals surface area contributed by atoms with E-state index in [1.54, 1.807) is 30.3 Å². The number of carbonyl (C=O) groups excluding carboxylic acids is 1. The normalized spacial score (nSPS) is 15.0. The predicted octanol–water partition coefficient (Wildman–Crippen LogP) is 2.76. The second-order valence-corrected chi connectivity index (χ2v) is 5.38. The standard InChI is InChI=1S/C16H14N2O2S/c19-14-6-2-3-10-7-8-13(15(10)14)17-18-16(20)11-4-1-5-12(21)9-11/h1-6,9,19,21H,7-8H2,(H,18,20)/b17-13+. The van der Waals surface area contributed by atoms with E-state index in [-0.39, 0.29) is 11.7 Å². The van der Waals surface area contributed by atoms with Crippen LogP contribution in [0.5, 0.6) is 5.75 Å². The zero-order valence-corrected chi connectivity index (χ0v) is 12.1. The van der Waals surface area contributed by atoms with Crippen LogP contribution in [-0.2, 0) is 6.42 Å². The van der Waals surface area contributed by atoms with E-state index >= 15 is 0 Å². The number of hydrogen-bond acceptors (Lipinski definition) is 4. The average molecular weight is 298 g/mol. The molecule has 0 heterocycles. The summed E-state index contributed by atoms with van der Waals surface area (Å²) >= 11 is 4.21. The molecule has 0 atom stereocenters. The monoisotopic (exact) mass is 298 g/mol. The number of rotatable bonds is 2. The molecule has 2 aromatic rings. The van der Waals surface area contributed by atoms with E-state index in [2.05, 4.69) is 23.2 Å². The van der Waals surface area contributed by atoms with Gasteiger partial charge in [-0.1, -0.05) is 18.2 Å². The molecule has 0 bridgehead atoms. The zero-order chi connectivity index (χ0) is 14.8. The summed E-state index contributed by atoms with van der Waals surface area (Å²) in [5.41, 5.74) is 5.54. The molecule has 1 aliphatic carbocycles. The highest BCUT2D eigenvalue weighted by Gasteiger charge is 2.21. The summed E-state index contributed by atoms with van der Waals surface area (Å²) in [5.74, 6) is -0.0855. The summed E-state index contributed by atoms with van der Waals surface area (Å²) in [4.78, 5) is 12.8. The molecular weight excluding hydrogens is 284 g/mol. The highest BCUT2D eigenvalue weighted by Crippen LogP contribution is 2.29. The molecule has 2 N–H and O–H groups in total. The topological polar surface area (TPSA) is 61.7 Å². The highest BCUT2D eigenvalue weighted by atomic mass is 32.1. The Balaban J connectivity index is 1.81. The van der Waals surface area contributed by atoms with Gasteiger partial charge in [0.25, 0.3) is 5.91 Å². The van der Waals surface area contributed by atoms with E-state index in [0.717, 1.165) is 22.4 Å². The molecule has 0 saturated carbocycles. The van der Waals surface area contributed by atoms with E-state index in [0.29, 0.717) is 17.7 Å². The van der Waals surface area contributed by atoms with Crippen molar-refractivity contribution in [2.75, 3.05) is 0 Å². The molecule has 106 valence electrons. The van der Waals surface area contributed by atoms with Crippen molar-refractivity contribution in [3.63, 3.8) is 0 Å². The molecule has 4 nitrogen and oxygen atoms in total. The van der Waals surface area contributed by atoms with Crippen LogP contribution in [0.3, 0.4) is 0 Å². The van der Waals surface area contributed by atoms with E-state index in [1.807, 2.05) is 12.1 Å². The van der Waals surface area contributed by atoms with Crippen molar-refractivity contribution in [1.29, 1.82) is 0 Å². The van der Waals surface area contributed by atoms with Gasteiger partial charge >= 0.3 is 0 Å². The van der Waals surface area contributed by atoms with Gasteiger partial charge in [0.15, 0.2) is 0 Å². The van der Waals surface area contributed by atoms with Gasteiger partial charge in [-0.2, -0.15) is 5.10 Å². The lowest BCUT2D eigenvalue weighted by atomic mass is 10.1. The Bertz CT molecular complexity index is 741. The molecular formula is C16H14N2O2S. The van der Waals surface area contributed by atoms with Gasteiger partial charge in [0.1, 0.15) is 5.75 Å². The zero-order valence-electron chi connectivity index (χ0n) is 11.2. The fourth-order valence-corrected chi connectivity index (χ4v) is 2.67. The van der Waals surface area contributed by atoms with Crippen LogP contribution in [0.25, 0.3) is 0 Å². The van der Waals surface area contributed by atoms with Gasteiger partial charge < -0.3 is 5.11 Å². The van der Waals surface area contributed by atoms with Crippen molar-refractivity contribution < 1.29 is 9.90 Å². The van der Waals surface area contributed by atoms with Gasteiger partial charge in [-0.3, -0.25) is 4.79 Å². The quantitative estimate of drug-likeness (QED) is 0.590. The number of carbonyl (C=O) groups is 1. The molecule has 0 unspecified atom stereocenters. The third-order valence-corrected chi connectivity index (χ3v) is 3.73. The molecule has 0 spiro atoms. The fraction of sp³-hybridized carbons (Fsp3) is 0.125. The van der Waals surface area contributed by atoms with Crippen LogP contribution >= 0.6 is 12.6 Å². The largest absolute Gasteiger partial charge is 0.507 e. The summed E-state index contributed by atoms with van der Waals surface area (Å²) in [5, 5.41) is 14.1. The molecule has 0 fully saturated rings. The Morgan fingerprint density at radius 1 is 1.19 bits per heavy atom. The SMILES string of the molecule is O=C(N/N=C1\CCc2cccc(O)c21)c1cccc(S)c1. The lowest BCUT2D eigenvalue weighted by Crippen LogP contribution is -2.19. The molecule has 0 saturated heterocycles. The maximum atomic E-state index is 12.0. The Morgan fingerprint density at radius 2 is 2.00 bits per heavy atom. The Hall–Kier alpha value is -2.27. The number of phenols is 1. The molecule has 0 aliphatic heterocycles. The first-order valence-electron chi connectivity index (χ1n) is 6.62. The maximum Gasteiger partial charge on any atom is 0.271 e. The van der Waals surface area contributed by atoms with Crippen LogP contribution in [0, 0.1) is 0 Å². The van der Waals surface area contributed by atoms with Gasteiger partial charge in [0.2, 0.25) is 0 Å². The van der Waals surface area contributed by atoms with E-state index in [4.69, 9.17) is 0 Å². The molecule has 0 aromatic heterocycles. The molecule has 1 aliphatic rings. The number of nitrogens with zero attached hydrogens (tertiary/aromatic N) is 1. The third-order valence-electron chi connectivity index (χ3n) is 3.45. The van der Waals surface area contributed by atoms with Crippen molar-refractivity contribution in [3.05, 3.63) is 59.2 Å². The molecule has 5 heteroatoms. The Kier molecular flexibility index (Phi) is 3.66. The van der Waals surface area contributed by atoms with Crippen LogP contribution in [-0.4, -0.2) is 16.7 Å². The maximum absolute atomic E-state index is 12.0. The minimum atomic E-state index is -0.290. The third kappa shape index (κ3) is 2.78. The van der Waals surface area contributed by atoms with Crippen LogP contribution in [0.15, 0.2) is 52.5 Å². The van der Waals surface area contributed by atoms with Crippen molar-refractivity contribution in [1.82, 2.24) is 5.43 Å². The number of benzene rings is 2. The summed E-state index contributed by atoms with van der Waals surface area (Å²) in [6.07, 6.45) is 1.53. The first-order chi connectivity index (χ1) is 10.1. The second-order valence-electron chi connectivity index (χ2n) is 4.86. The lowest BCUT2D eigenvalue weighted by Gasteiger charge is -2.05. The van der Waals surface area contributed by atoms with E-state index in [9.17, 15) is 9.90 Å². The summed E-state index contributed by atoms with van der Waals surface area (Å²) in [6, 6.07) is 12.4. The number of phenolic OH excluding ortho intramolecular Hbond substituents is 1. The first kappa shape index (κ1) is 13.7. The number of hydrazone groups is 1. The Labute approximate surface area is 127 Å². The molecule has 3 rings (SSSR count).